The molecule has 13 heavy (non-hydrogen) atoms. The van der Waals surface area contributed by atoms with Crippen LogP contribution < -0.4 is 0 Å². The first-order chi connectivity index (χ1) is 5.89. The van der Waals surface area contributed by atoms with E-state index in [-0.39, 0.29) is 0 Å². The second kappa shape index (κ2) is 6.10. The maximum Gasteiger partial charge on any atom is 0.476 e. The minimum atomic E-state index is -2.25. The van der Waals surface area contributed by atoms with Gasteiger partial charge >= 0.3 is 8.80 Å². The first kappa shape index (κ1) is 13.5. The molecular weight excluding hydrogens is 216 g/mol. The molecule has 0 N–H and O–H groups in total. The summed E-state index contributed by atoms with van der Waals surface area (Å²) in [6.45, 7) is 13.3. The van der Waals surface area contributed by atoms with Crippen molar-refractivity contribution in [2.24, 2.45) is 0 Å². The smallest absolute Gasteiger partial charge is 0.419 e. The van der Waals surface area contributed by atoms with Gasteiger partial charge in [0.1, 0.15) is 0 Å². The van der Waals surface area contributed by atoms with Crippen molar-refractivity contribution < 1.29 is 12.7 Å². The van der Waals surface area contributed by atoms with E-state index in [0.29, 0.717) is 6.61 Å². The summed E-state index contributed by atoms with van der Waals surface area (Å²) in [5, 5.41) is 0. The van der Waals surface area contributed by atoms with Gasteiger partial charge < -0.3 is 12.7 Å². The maximum atomic E-state index is 5.86. The van der Waals surface area contributed by atoms with Gasteiger partial charge in [0.05, 0.1) is 0 Å². The predicted octanol–water partition coefficient (Wildman–Crippen LogP) is 1.59. The van der Waals surface area contributed by atoms with E-state index in [1.54, 1.807) is 0 Å². The molecule has 0 rings (SSSR count). The molecule has 0 fully saturated rings. The molecule has 6 heteroatoms. The van der Waals surface area contributed by atoms with Gasteiger partial charge in [-0.25, -0.2) is 0 Å². The zero-order valence-corrected chi connectivity index (χ0v) is 12.9. The second-order valence-corrected chi connectivity index (χ2v) is 11.7. The van der Waals surface area contributed by atoms with Crippen LogP contribution in [-0.2, 0) is 12.7 Å². The highest BCUT2D eigenvalue weighted by molar-refractivity contribution is 6.74. The first-order valence-electron chi connectivity index (χ1n) is 4.89. The maximum absolute atomic E-state index is 5.86. The Labute approximate surface area is 86.2 Å². The predicted molar refractivity (Wildman–Crippen MR) is 63.2 cm³/mol. The standard InChI is InChI=1S/C7H22O3Si3/c1-7-8-13(6,9-11(2)3)10-12(4)5/h11-12H,7H2,1-6H3. The summed E-state index contributed by atoms with van der Waals surface area (Å²) < 4.78 is 17.3. The Morgan fingerprint density at radius 1 is 1.00 bits per heavy atom. The molecule has 0 aromatic carbocycles. The third kappa shape index (κ3) is 6.58. The van der Waals surface area contributed by atoms with Crippen LogP contribution in [0, 0.1) is 0 Å². The van der Waals surface area contributed by atoms with Crippen molar-refractivity contribution in [3.8, 4) is 0 Å². The fraction of sp³-hybridized carbons (Fsp3) is 1.00. The molecule has 80 valence electrons. The largest absolute Gasteiger partial charge is 0.476 e. The monoisotopic (exact) mass is 238 g/mol. The van der Waals surface area contributed by atoms with Crippen molar-refractivity contribution in [1.29, 1.82) is 0 Å². The van der Waals surface area contributed by atoms with Gasteiger partial charge in [-0.1, -0.05) is 0 Å². The number of rotatable bonds is 6. The van der Waals surface area contributed by atoms with Crippen molar-refractivity contribution in [3.63, 3.8) is 0 Å². The Balaban J connectivity index is 4.15. The zero-order valence-electron chi connectivity index (χ0n) is 9.59. The molecule has 0 heterocycles. The molecular formula is C7H22O3Si3. The van der Waals surface area contributed by atoms with Crippen LogP contribution in [0.15, 0.2) is 0 Å². The van der Waals surface area contributed by atoms with E-state index in [0.717, 1.165) is 0 Å². The van der Waals surface area contributed by atoms with Crippen molar-refractivity contribution >= 4 is 26.9 Å². The fourth-order valence-electron chi connectivity index (χ4n) is 1.21. The fourth-order valence-corrected chi connectivity index (χ4v) is 9.86. The third-order valence-corrected chi connectivity index (χ3v) is 9.32. The first-order valence-corrected chi connectivity index (χ1v) is 12.7. The molecule has 0 spiro atoms. The molecule has 0 amide bonds. The van der Waals surface area contributed by atoms with Crippen LogP contribution in [-0.4, -0.2) is 33.5 Å². The van der Waals surface area contributed by atoms with Crippen molar-refractivity contribution in [3.05, 3.63) is 0 Å². The molecule has 0 radical (unpaired) electrons. The summed E-state index contributed by atoms with van der Waals surface area (Å²) >= 11 is 0. The summed E-state index contributed by atoms with van der Waals surface area (Å²) in [4.78, 5) is 0. The summed E-state index contributed by atoms with van der Waals surface area (Å²) in [5.41, 5.74) is 0. The second-order valence-electron chi connectivity index (χ2n) is 3.63. The van der Waals surface area contributed by atoms with Crippen LogP contribution in [0.25, 0.3) is 0 Å². The highest BCUT2D eigenvalue weighted by Crippen LogP contribution is 2.12. The van der Waals surface area contributed by atoms with E-state index in [1.165, 1.54) is 0 Å². The van der Waals surface area contributed by atoms with Crippen LogP contribution in [0.3, 0.4) is 0 Å². The van der Waals surface area contributed by atoms with E-state index < -0.39 is 26.9 Å². The lowest BCUT2D eigenvalue weighted by Crippen LogP contribution is -2.48. The number of hydrogen-bond donors (Lipinski definition) is 0. The molecule has 0 aliphatic heterocycles. The zero-order chi connectivity index (χ0) is 10.5. The summed E-state index contributed by atoms with van der Waals surface area (Å²) in [5.74, 6) is 0. The van der Waals surface area contributed by atoms with Gasteiger partial charge in [0.25, 0.3) is 0 Å². The lowest BCUT2D eigenvalue weighted by Gasteiger charge is -2.29. The Kier molecular flexibility index (Phi) is 6.35. The lowest BCUT2D eigenvalue weighted by atomic mass is 10.9. The summed E-state index contributed by atoms with van der Waals surface area (Å²) in [6.07, 6.45) is 0. The Hall–Kier alpha value is 0.531. The van der Waals surface area contributed by atoms with E-state index >= 15 is 0 Å². The topological polar surface area (TPSA) is 27.7 Å². The highest BCUT2D eigenvalue weighted by atomic mass is 28.5. The lowest BCUT2D eigenvalue weighted by molar-refractivity contribution is 0.183. The van der Waals surface area contributed by atoms with Gasteiger partial charge in [0.2, 0.25) is 0 Å². The molecule has 0 atom stereocenters. The van der Waals surface area contributed by atoms with Gasteiger partial charge in [0, 0.05) is 13.2 Å². The molecule has 0 aliphatic carbocycles. The minimum Gasteiger partial charge on any atom is -0.419 e. The molecule has 0 saturated carbocycles. The van der Waals surface area contributed by atoms with E-state index in [2.05, 4.69) is 26.2 Å². The molecule has 0 aliphatic rings. The SMILES string of the molecule is CCO[Si](C)(O[SiH](C)C)O[SiH](C)C. The summed E-state index contributed by atoms with van der Waals surface area (Å²) in [7, 11) is -4.36. The van der Waals surface area contributed by atoms with Gasteiger partial charge in [-0.05, 0) is 33.1 Å². The van der Waals surface area contributed by atoms with Crippen molar-refractivity contribution in [2.45, 2.75) is 39.7 Å². The van der Waals surface area contributed by atoms with E-state index in [9.17, 15) is 0 Å². The van der Waals surface area contributed by atoms with Gasteiger partial charge in [-0.15, -0.1) is 0 Å². The third-order valence-electron chi connectivity index (χ3n) is 1.31. The van der Waals surface area contributed by atoms with Crippen LogP contribution in [0.4, 0.5) is 0 Å². The molecule has 0 aromatic heterocycles. The van der Waals surface area contributed by atoms with Crippen LogP contribution in [0.5, 0.6) is 0 Å². The summed E-state index contributed by atoms with van der Waals surface area (Å²) in [6, 6.07) is 0. The molecule has 0 unspecified atom stereocenters. The Morgan fingerprint density at radius 3 is 1.62 bits per heavy atom. The Morgan fingerprint density at radius 2 is 1.38 bits per heavy atom. The Bertz CT molecular complexity index is 131. The average molecular weight is 239 g/mol. The average Bonchev–Trinajstić information content (AvgIpc) is 1.81. The quantitative estimate of drug-likeness (QED) is 0.658. The van der Waals surface area contributed by atoms with E-state index in [1.807, 2.05) is 13.5 Å². The molecule has 0 bridgehead atoms. The van der Waals surface area contributed by atoms with Crippen LogP contribution in [0.1, 0.15) is 6.92 Å². The van der Waals surface area contributed by atoms with E-state index in [4.69, 9.17) is 12.7 Å². The van der Waals surface area contributed by atoms with Crippen LogP contribution >= 0.6 is 0 Å². The van der Waals surface area contributed by atoms with Crippen molar-refractivity contribution in [1.82, 2.24) is 0 Å². The van der Waals surface area contributed by atoms with Crippen LogP contribution in [0.2, 0.25) is 32.7 Å². The molecule has 0 saturated heterocycles. The number of hydrogen-bond acceptors (Lipinski definition) is 3. The highest BCUT2D eigenvalue weighted by Gasteiger charge is 2.35. The molecule has 0 aromatic rings. The van der Waals surface area contributed by atoms with Crippen molar-refractivity contribution in [2.75, 3.05) is 6.61 Å². The van der Waals surface area contributed by atoms with Gasteiger partial charge in [0.15, 0.2) is 18.1 Å². The van der Waals surface area contributed by atoms with Gasteiger partial charge in [-0.2, -0.15) is 0 Å². The molecule has 3 nitrogen and oxygen atoms in total. The minimum absolute atomic E-state index is 0.685. The normalized spacial score (nSPS) is 12.9. The van der Waals surface area contributed by atoms with Gasteiger partial charge in [-0.3, -0.25) is 0 Å².